The van der Waals surface area contributed by atoms with Crippen molar-refractivity contribution in [2.24, 2.45) is 0 Å². The molecule has 4 heteroatoms. The van der Waals surface area contributed by atoms with Crippen LogP contribution in [0.3, 0.4) is 0 Å². The van der Waals surface area contributed by atoms with Crippen molar-refractivity contribution < 1.29 is 9.59 Å². The highest BCUT2D eigenvalue weighted by Gasteiger charge is 2.26. The number of likely N-dealkylation sites (N-methyl/N-ethyl adjacent to an activating group) is 1. The predicted molar refractivity (Wildman–Crippen MR) is 100.0 cm³/mol. The molecule has 0 bridgehead atoms. The van der Waals surface area contributed by atoms with Crippen LogP contribution < -0.4 is 10.2 Å². The van der Waals surface area contributed by atoms with Crippen LogP contribution in [-0.2, 0) is 11.2 Å². The molecular formula is C21H24N2O2. The number of hydrogen-bond donors (Lipinski definition) is 1. The largest absolute Gasteiger partial charge is 0.346 e. The van der Waals surface area contributed by atoms with E-state index in [0.717, 1.165) is 16.8 Å². The number of nitrogens with one attached hydrogen (secondary N) is 1. The normalized spacial score (nSPS) is 14.4. The molecule has 0 aromatic heterocycles. The van der Waals surface area contributed by atoms with E-state index in [1.165, 1.54) is 11.1 Å². The van der Waals surface area contributed by atoms with E-state index >= 15 is 0 Å². The van der Waals surface area contributed by atoms with E-state index in [9.17, 15) is 9.59 Å². The Morgan fingerprint density at radius 1 is 1.20 bits per heavy atom. The van der Waals surface area contributed by atoms with Crippen molar-refractivity contribution in [2.75, 3.05) is 11.4 Å². The lowest BCUT2D eigenvalue weighted by atomic mass is 10.00. The van der Waals surface area contributed by atoms with Gasteiger partial charge in [-0.2, -0.15) is 0 Å². The first-order valence-electron chi connectivity index (χ1n) is 8.72. The van der Waals surface area contributed by atoms with Gasteiger partial charge >= 0.3 is 0 Å². The second-order valence-corrected chi connectivity index (χ2v) is 6.71. The van der Waals surface area contributed by atoms with Crippen molar-refractivity contribution in [3.05, 3.63) is 64.2 Å². The van der Waals surface area contributed by atoms with Gasteiger partial charge in [0, 0.05) is 17.8 Å². The number of aryl methyl sites for hydroxylation is 2. The third-order valence-electron chi connectivity index (χ3n) is 4.83. The molecule has 4 nitrogen and oxygen atoms in total. The second-order valence-electron chi connectivity index (χ2n) is 6.71. The molecule has 1 unspecified atom stereocenters. The molecule has 0 saturated carbocycles. The number of nitrogens with zero attached hydrogens (tertiary/aromatic N) is 1. The van der Waals surface area contributed by atoms with Crippen LogP contribution in [0, 0.1) is 13.8 Å². The van der Waals surface area contributed by atoms with Crippen LogP contribution in [0.15, 0.2) is 36.4 Å². The summed E-state index contributed by atoms with van der Waals surface area (Å²) in [6, 6.07) is 11.7. The first kappa shape index (κ1) is 17.2. The maximum absolute atomic E-state index is 12.6. The van der Waals surface area contributed by atoms with Gasteiger partial charge in [-0.3, -0.25) is 9.59 Å². The van der Waals surface area contributed by atoms with Crippen LogP contribution in [0.2, 0.25) is 0 Å². The van der Waals surface area contributed by atoms with Crippen molar-refractivity contribution in [1.82, 2.24) is 5.32 Å². The van der Waals surface area contributed by atoms with Gasteiger partial charge in [0.05, 0.1) is 12.5 Å². The lowest BCUT2D eigenvalue weighted by Crippen LogP contribution is -2.27. The minimum Gasteiger partial charge on any atom is -0.346 e. The molecule has 0 aliphatic carbocycles. The number of benzene rings is 2. The lowest BCUT2D eigenvalue weighted by Gasteiger charge is -2.18. The minimum absolute atomic E-state index is 0.0740. The van der Waals surface area contributed by atoms with E-state index in [1.54, 1.807) is 11.0 Å². The first-order chi connectivity index (χ1) is 11.9. The Balaban J connectivity index is 1.78. The second kappa shape index (κ2) is 6.71. The maximum atomic E-state index is 12.6. The van der Waals surface area contributed by atoms with E-state index < -0.39 is 0 Å². The fourth-order valence-corrected chi connectivity index (χ4v) is 3.54. The van der Waals surface area contributed by atoms with Gasteiger partial charge in [-0.05, 0) is 62.6 Å². The third kappa shape index (κ3) is 3.29. The maximum Gasteiger partial charge on any atom is 0.251 e. The number of carbonyl (C=O) groups is 2. The van der Waals surface area contributed by atoms with Crippen LogP contribution in [0.1, 0.15) is 52.5 Å². The summed E-state index contributed by atoms with van der Waals surface area (Å²) in [5, 5.41) is 3.06. The molecule has 130 valence electrons. The molecule has 2 aromatic carbocycles. The van der Waals surface area contributed by atoms with Gasteiger partial charge in [0.1, 0.15) is 0 Å². The van der Waals surface area contributed by atoms with Crippen molar-refractivity contribution >= 4 is 17.5 Å². The van der Waals surface area contributed by atoms with Gasteiger partial charge in [-0.25, -0.2) is 0 Å². The molecule has 0 spiro atoms. The SMILES string of the molecule is CCN1C(=O)Cc2cc(C(=O)NC(C)c3ccc(C)cc3C)ccc21. The number of fused-ring (bicyclic) bond motifs is 1. The van der Waals surface area contributed by atoms with Gasteiger partial charge in [-0.15, -0.1) is 0 Å². The van der Waals surface area contributed by atoms with Crippen LogP contribution in [0.25, 0.3) is 0 Å². The Kier molecular flexibility index (Phi) is 4.62. The molecule has 1 aliphatic rings. The molecular weight excluding hydrogens is 312 g/mol. The molecule has 1 aliphatic heterocycles. The van der Waals surface area contributed by atoms with Crippen molar-refractivity contribution in [2.45, 2.75) is 40.2 Å². The number of amides is 2. The summed E-state index contributed by atoms with van der Waals surface area (Å²) >= 11 is 0. The highest BCUT2D eigenvalue weighted by molar-refractivity contribution is 6.03. The Hall–Kier alpha value is -2.62. The van der Waals surface area contributed by atoms with Crippen LogP contribution in [-0.4, -0.2) is 18.4 Å². The van der Waals surface area contributed by atoms with Gasteiger partial charge in [0.25, 0.3) is 5.91 Å². The van der Waals surface area contributed by atoms with Crippen LogP contribution in [0.5, 0.6) is 0 Å². The topological polar surface area (TPSA) is 49.4 Å². The fraction of sp³-hybridized carbons (Fsp3) is 0.333. The Bertz CT molecular complexity index is 842. The van der Waals surface area contributed by atoms with Crippen LogP contribution in [0.4, 0.5) is 5.69 Å². The Morgan fingerprint density at radius 2 is 1.96 bits per heavy atom. The molecule has 1 N–H and O–H groups in total. The smallest absolute Gasteiger partial charge is 0.251 e. The van der Waals surface area contributed by atoms with Gasteiger partial charge in [0.2, 0.25) is 5.91 Å². The molecule has 0 saturated heterocycles. The quantitative estimate of drug-likeness (QED) is 0.925. The van der Waals surface area contributed by atoms with Gasteiger partial charge in [-0.1, -0.05) is 23.8 Å². The predicted octanol–water partition coefficient (Wildman–Crippen LogP) is 3.70. The zero-order valence-corrected chi connectivity index (χ0v) is 15.2. The Morgan fingerprint density at radius 3 is 2.64 bits per heavy atom. The monoisotopic (exact) mass is 336 g/mol. The summed E-state index contributed by atoms with van der Waals surface area (Å²) in [5.41, 5.74) is 5.95. The average molecular weight is 336 g/mol. The van der Waals surface area contributed by atoms with Crippen molar-refractivity contribution in [3.8, 4) is 0 Å². The molecule has 2 amide bonds. The standard InChI is InChI=1S/C21H24N2O2/c1-5-23-19-9-7-16(11-17(19)12-20(23)24)21(25)22-15(4)18-8-6-13(2)10-14(18)3/h6-11,15H,5,12H2,1-4H3,(H,22,25). The highest BCUT2D eigenvalue weighted by Crippen LogP contribution is 2.29. The molecule has 1 heterocycles. The zero-order chi connectivity index (χ0) is 18.1. The summed E-state index contributed by atoms with van der Waals surface area (Å²) < 4.78 is 0. The van der Waals surface area contributed by atoms with E-state index in [0.29, 0.717) is 18.5 Å². The van der Waals surface area contributed by atoms with E-state index in [1.807, 2.05) is 26.0 Å². The summed E-state index contributed by atoms with van der Waals surface area (Å²) in [4.78, 5) is 26.4. The van der Waals surface area contributed by atoms with Gasteiger partial charge < -0.3 is 10.2 Å². The molecule has 3 rings (SSSR count). The number of rotatable bonds is 4. The van der Waals surface area contributed by atoms with Crippen molar-refractivity contribution in [1.29, 1.82) is 0 Å². The molecule has 0 fully saturated rings. The van der Waals surface area contributed by atoms with E-state index in [2.05, 4.69) is 37.4 Å². The fourth-order valence-electron chi connectivity index (χ4n) is 3.54. The first-order valence-corrected chi connectivity index (χ1v) is 8.72. The van der Waals surface area contributed by atoms with E-state index in [4.69, 9.17) is 0 Å². The lowest BCUT2D eigenvalue weighted by molar-refractivity contribution is -0.117. The third-order valence-corrected chi connectivity index (χ3v) is 4.83. The number of anilines is 1. The zero-order valence-electron chi connectivity index (χ0n) is 15.2. The summed E-state index contributed by atoms with van der Waals surface area (Å²) in [5.74, 6) is -0.0172. The average Bonchev–Trinajstić information content (AvgIpc) is 2.88. The Labute approximate surface area is 148 Å². The molecule has 0 radical (unpaired) electrons. The minimum atomic E-state index is -0.113. The summed E-state index contributed by atoms with van der Waals surface area (Å²) in [6.45, 7) is 8.72. The van der Waals surface area contributed by atoms with Crippen LogP contribution >= 0.6 is 0 Å². The summed E-state index contributed by atoms with van der Waals surface area (Å²) in [7, 11) is 0. The number of hydrogen-bond acceptors (Lipinski definition) is 2. The number of carbonyl (C=O) groups excluding carboxylic acids is 2. The van der Waals surface area contributed by atoms with Crippen molar-refractivity contribution in [3.63, 3.8) is 0 Å². The highest BCUT2D eigenvalue weighted by atomic mass is 16.2. The van der Waals surface area contributed by atoms with E-state index in [-0.39, 0.29) is 17.9 Å². The molecule has 1 atom stereocenters. The van der Waals surface area contributed by atoms with Gasteiger partial charge in [0.15, 0.2) is 0 Å². The summed E-state index contributed by atoms with van der Waals surface area (Å²) in [6.07, 6.45) is 0.372. The molecule has 2 aromatic rings. The molecule has 25 heavy (non-hydrogen) atoms.